The van der Waals surface area contributed by atoms with E-state index in [1.807, 2.05) is 21.2 Å². The van der Waals surface area contributed by atoms with Gasteiger partial charge in [0, 0.05) is 27.6 Å². The Kier molecular flexibility index (Phi) is 6.34. The maximum atomic E-state index is 12.2. The average Bonchev–Trinajstić information content (AvgIpc) is 3.08. The molecule has 3 heteroatoms. The zero-order chi connectivity index (χ0) is 21.7. The van der Waals surface area contributed by atoms with E-state index in [4.69, 9.17) is 4.74 Å². The molecule has 0 aliphatic heterocycles. The zero-order valence-corrected chi connectivity index (χ0v) is 20.6. The molecule has 3 nitrogen and oxygen atoms in total. The second-order valence-corrected chi connectivity index (χ2v) is 12.3. The summed E-state index contributed by atoms with van der Waals surface area (Å²) in [7, 11) is 5.74. The third-order valence-corrected chi connectivity index (χ3v) is 10.9. The van der Waals surface area contributed by atoms with Crippen molar-refractivity contribution in [2.45, 2.75) is 97.5 Å². The number of rotatable bonds is 5. The van der Waals surface area contributed by atoms with Crippen LogP contribution in [0.1, 0.15) is 91.4 Å². The van der Waals surface area contributed by atoms with E-state index in [9.17, 15) is 4.79 Å². The number of ether oxygens (including phenoxy) is 1. The number of nitrogens with zero attached hydrogens (tertiary/aromatic N) is 1. The van der Waals surface area contributed by atoms with Crippen molar-refractivity contribution < 1.29 is 9.53 Å². The maximum absolute atomic E-state index is 12.2. The molecule has 0 spiro atoms. The van der Waals surface area contributed by atoms with E-state index in [1.165, 1.54) is 57.8 Å². The maximum Gasteiger partial charge on any atom is 0.222 e. The van der Waals surface area contributed by atoms with Gasteiger partial charge in [-0.1, -0.05) is 33.6 Å². The average molecular weight is 418 g/mol. The van der Waals surface area contributed by atoms with Crippen LogP contribution in [-0.4, -0.2) is 38.1 Å². The second-order valence-electron chi connectivity index (χ2n) is 12.3. The van der Waals surface area contributed by atoms with E-state index >= 15 is 0 Å². The molecule has 0 radical (unpaired) electrons. The van der Waals surface area contributed by atoms with Crippen molar-refractivity contribution in [1.29, 1.82) is 0 Å². The van der Waals surface area contributed by atoms with Crippen LogP contribution in [0.4, 0.5) is 0 Å². The van der Waals surface area contributed by atoms with Gasteiger partial charge in [0.1, 0.15) is 0 Å². The van der Waals surface area contributed by atoms with Crippen molar-refractivity contribution >= 4 is 5.91 Å². The van der Waals surface area contributed by atoms with Gasteiger partial charge in [0.25, 0.3) is 0 Å². The second kappa shape index (κ2) is 8.41. The van der Waals surface area contributed by atoms with E-state index in [0.29, 0.717) is 29.3 Å². The molecule has 9 atom stereocenters. The molecule has 0 saturated heterocycles. The van der Waals surface area contributed by atoms with E-state index in [2.05, 4.69) is 20.8 Å². The molecule has 0 N–H and O–H groups in total. The number of hydrogen-bond acceptors (Lipinski definition) is 2. The highest BCUT2D eigenvalue weighted by atomic mass is 16.5. The fourth-order valence-corrected chi connectivity index (χ4v) is 9.34. The van der Waals surface area contributed by atoms with Gasteiger partial charge in [-0.15, -0.1) is 0 Å². The molecule has 4 aliphatic carbocycles. The highest BCUT2D eigenvalue weighted by Gasteiger charge is 2.62. The first kappa shape index (κ1) is 22.6. The minimum absolute atomic E-state index is 0.289. The SMILES string of the molecule is CO[C@H]1C[C@H]2[C@@H]3CC[C@H]([C@H](C)CCC(=O)N(C)C)[C@@]3(C)CC[C@@H]2[C@@]2(C)CCCCC12. The van der Waals surface area contributed by atoms with Gasteiger partial charge < -0.3 is 9.64 Å². The first-order valence-electron chi connectivity index (χ1n) is 12.9. The smallest absolute Gasteiger partial charge is 0.222 e. The molecule has 172 valence electrons. The van der Waals surface area contributed by atoms with Crippen molar-refractivity contribution in [3.8, 4) is 0 Å². The molecular weight excluding hydrogens is 370 g/mol. The van der Waals surface area contributed by atoms with Gasteiger partial charge >= 0.3 is 0 Å². The number of carbonyl (C=O) groups excluding carboxylic acids is 1. The Labute approximate surface area is 185 Å². The molecular formula is C27H47NO2. The molecule has 4 aliphatic rings. The molecule has 1 unspecified atom stereocenters. The van der Waals surface area contributed by atoms with E-state index in [1.54, 1.807) is 4.90 Å². The van der Waals surface area contributed by atoms with Crippen LogP contribution in [0.2, 0.25) is 0 Å². The van der Waals surface area contributed by atoms with Crippen LogP contribution in [0.25, 0.3) is 0 Å². The molecule has 0 aromatic carbocycles. The van der Waals surface area contributed by atoms with E-state index < -0.39 is 0 Å². The van der Waals surface area contributed by atoms with Crippen molar-refractivity contribution in [1.82, 2.24) is 4.90 Å². The lowest BCUT2D eigenvalue weighted by atomic mass is 9.44. The van der Waals surface area contributed by atoms with Gasteiger partial charge in [-0.3, -0.25) is 4.79 Å². The Hall–Kier alpha value is -0.570. The fraction of sp³-hybridized carbons (Fsp3) is 0.963. The molecule has 30 heavy (non-hydrogen) atoms. The van der Waals surface area contributed by atoms with Gasteiger partial charge in [0.15, 0.2) is 0 Å². The summed E-state index contributed by atoms with van der Waals surface area (Å²) in [6, 6.07) is 0. The minimum Gasteiger partial charge on any atom is -0.381 e. The fourth-order valence-electron chi connectivity index (χ4n) is 9.34. The Morgan fingerprint density at radius 3 is 2.43 bits per heavy atom. The van der Waals surface area contributed by atoms with Crippen LogP contribution in [0, 0.1) is 46.3 Å². The van der Waals surface area contributed by atoms with Crippen molar-refractivity contribution in [3.05, 3.63) is 0 Å². The van der Waals surface area contributed by atoms with Gasteiger partial charge in [0.05, 0.1) is 6.10 Å². The van der Waals surface area contributed by atoms with Crippen LogP contribution < -0.4 is 0 Å². The molecule has 4 rings (SSSR count). The van der Waals surface area contributed by atoms with Crippen molar-refractivity contribution in [2.75, 3.05) is 21.2 Å². The highest BCUT2D eigenvalue weighted by molar-refractivity contribution is 5.75. The Balaban J connectivity index is 1.51. The summed E-state index contributed by atoms with van der Waals surface area (Å²) < 4.78 is 6.18. The van der Waals surface area contributed by atoms with Crippen LogP contribution in [0.5, 0.6) is 0 Å². The molecule has 0 aromatic heterocycles. The van der Waals surface area contributed by atoms with Gasteiger partial charge in [-0.25, -0.2) is 0 Å². The van der Waals surface area contributed by atoms with Gasteiger partial charge in [-0.05, 0) is 97.7 Å². The van der Waals surface area contributed by atoms with Crippen LogP contribution in [0.3, 0.4) is 0 Å². The normalized spacial score (nSPS) is 46.5. The summed E-state index contributed by atoms with van der Waals surface area (Å²) in [4.78, 5) is 13.9. The first-order chi connectivity index (χ1) is 14.2. The van der Waals surface area contributed by atoms with Crippen molar-refractivity contribution in [2.24, 2.45) is 46.3 Å². The number of hydrogen-bond donors (Lipinski definition) is 0. The number of fused-ring (bicyclic) bond motifs is 5. The van der Waals surface area contributed by atoms with Gasteiger partial charge in [-0.2, -0.15) is 0 Å². The third-order valence-electron chi connectivity index (χ3n) is 10.9. The molecule has 0 bridgehead atoms. The third kappa shape index (κ3) is 3.55. The molecule has 0 aromatic rings. The molecule has 4 saturated carbocycles. The summed E-state index contributed by atoms with van der Waals surface area (Å²) in [6.07, 6.45) is 14.8. The zero-order valence-electron chi connectivity index (χ0n) is 20.6. The highest BCUT2D eigenvalue weighted by Crippen LogP contribution is 2.68. The Morgan fingerprint density at radius 1 is 1.00 bits per heavy atom. The van der Waals surface area contributed by atoms with Crippen LogP contribution in [0.15, 0.2) is 0 Å². The molecule has 0 heterocycles. The predicted octanol–water partition coefficient (Wildman–Crippen LogP) is 6.16. The number of methoxy groups -OCH3 is 1. The van der Waals surface area contributed by atoms with E-state index in [-0.39, 0.29) is 5.91 Å². The van der Waals surface area contributed by atoms with Crippen LogP contribution in [-0.2, 0) is 9.53 Å². The Bertz CT molecular complexity index is 632. The summed E-state index contributed by atoms with van der Waals surface area (Å²) >= 11 is 0. The largest absolute Gasteiger partial charge is 0.381 e. The monoisotopic (exact) mass is 417 g/mol. The summed E-state index contributed by atoms with van der Waals surface area (Å²) in [5, 5.41) is 0. The number of amides is 1. The predicted molar refractivity (Wildman–Crippen MR) is 123 cm³/mol. The minimum atomic E-state index is 0.289. The standard InChI is InChI=1S/C27H47NO2/c1-18(10-13-25(29)28(4)5)20-11-12-21-19-17-24(30-6)23-9-7-8-15-26(23,2)22(19)14-16-27(20,21)3/h18-24H,7-17H2,1-6H3/t18-,19+,20-,21+,22+,23?,24+,26-,27-/m1/s1. The van der Waals surface area contributed by atoms with Crippen molar-refractivity contribution in [3.63, 3.8) is 0 Å². The lowest BCUT2D eigenvalue weighted by Crippen LogP contribution is -2.57. The quantitative estimate of drug-likeness (QED) is 0.536. The summed E-state index contributed by atoms with van der Waals surface area (Å²) in [5.41, 5.74) is 0.975. The lowest BCUT2D eigenvalue weighted by molar-refractivity contribution is -0.167. The topological polar surface area (TPSA) is 29.5 Å². The lowest BCUT2D eigenvalue weighted by Gasteiger charge is -2.62. The van der Waals surface area contributed by atoms with Crippen LogP contribution >= 0.6 is 0 Å². The molecule has 4 fully saturated rings. The molecule has 1 amide bonds. The summed E-state index contributed by atoms with van der Waals surface area (Å²) in [5.74, 6) is 5.15. The van der Waals surface area contributed by atoms with Gasteiger partial charge in [0.2, 0.25) is 5.91 Å². The number of carbonyl (C=O) groups is 1. The Morgan fingerprint density at radius 2 is 1.73 bits per heavy atom. The summed E-state index contributed by atoms with van der Waals surface area (Å²) in [6.45, 7) is 7.71. The first-order valence-corrected chi connectivity index (χ1v) is 12.9. The van der Waals surface area contributed by atoms with E-state index in [0.717, 1.165) is 36.0 Å².